The van der Waals surface area contributed by atoms with Crippen LogP contribution in [0.1, 0.15) is 17.9 Å². The Labute approximate surface area is 149 Å². The van der Waals surface area contributed by atoms with Crippen molar-refractivity contribution in [2.24, 2.45) is 0 Å². The molecule has 1 N–H and O–H groups in total. The van der Waals surface area contributed by atoms with Gasteiger partial charge in [-0.05, 0) is 30.7 Å². The van der Waals surface area contributed by atoms with Crippen LogP contribution in [-0.4, -0.2) is 10.9 Å². The number of benzene rings is 2. The van der Waals surface area contributed by atoms with Gasteiger partial charge in [0.25, 0.3) is 0 Å². The number of oxazole rings is 1. The third-order valence-electron chi connectivity index (χ3n) is 3.67. The van der Waals surface area contributed by atoms with Gasteiger partial charge in [-0.2, -0.15) is 0 Å². The first-order valence-electron chi connectivity index (χ1n) is 7.68. The van der Waals surface area contributed by atoms with Crippen molar-refractivity contribution in [2.45, 2.75) is 19.8 Å². The minimum Gasteiger partial charge on any atom is -0.441 e. The predicted octanol–water partition coefficient (Wildman–Crippen LogP) is 4.98. The van der Waals surface area contributed by atoms with Gasteiger partial charge in [-0.25, -0.2) is 4.98 Å². The highest BCUT2D eigenvalue weighted by molar-refractivity contribution is 9.10. The molecular weight excluding hydrogens is 368 g/mol. The van der Waals surface area contributed by atoms with Gasteiger partial charge < -0.3 is 9.73 Å². The Morgan fingerprint density at radius 1 is 1.17 bits per heavy atom. The molecule has 0 atom stereocenters. The number of amides is 1. The molecule has 0 bridgehead atoms. The maximum atomic E-state index is 12.1. The number of anilines is 1. The lowest BCUT2D eigenvalue weighted by Gasteiger charge is -2.07. The van der Waals surface area contributed by atoms with Gasteiger partial charge in [0.05, 0.1) is 6.20 Å². The zero-order valence-corrected chi connectivity index (χ0v) is 14.8. The molecule has 0 radical (unpaired) electrons. The zero-order valence-electron chi connectivity index (χ0n) is 13.3. The molecule has 1 aromatic heterocycles. The number of nitrogens with one attached hydrogen (secondary N) is 1. The van der Waals surface area contributed by atoms with Gasteiger partial charge in [0.1, 0.15) is 0 Å². The standard InChI is InChI=1S/C19H17BrN2O2/c1-13-4-2-3-5-16(13)22-18(23)10-11-19-21-12-17(24-19)14-6-8-15(20)9-7-14/h2-9,12H,10-11H2,1H3,(H,22,23). The maximum absolute atomic E-state index is 12.1. The Morgan fingerprint density at radius 2 is 1.92 bits per heavy atom. The quantitative estimate of drug-likeness (QED) is 0.674. The van der Waals surface area contributed by atoms with E-state index in [0.717, 1.165) is 21.3 Å². The van der Waals surface area contributed by atoms with Crippen LogP contribution in [0.15, 0.2) is 63.6 Å². The van der Waals surface area contributed by atoms with Crippen LogP contribution in [0.25, 0.3) is 11.3 Å². The third-order valence-corrected chi connectivity index (χ3v) is 4.20. The van der Waals surface area contributed by atoms with Crippen LogP contribution in [0.3, 0.4) is 0 Å². The van der Waals surface area contributed by atoms with Crippen molar-refractivity contribution >= 4 is 27.5 Å². The number of aryl methyl sites for hydroxylation is 2. The van der Waals surface area contributed by atoms with Crippen LogP contribution < -0.4 is 5.32 Å². The number of hydrogen-bond acceptors (Lipinski definition) is 3. The van der Waals surface area contributed by atoms with Crippen LogP contribution in [-0.2, 0) is 11.2 Å². The summed E-state index contributed by atoms with van der Waals surface area (Å²) < 4.78 is 6.74. The summed E-state index contributed by atoms with van der Waals surface area (Å²) in [7, 11) is 0. The summed E-state index contributed by atoms with van der Waals surface area (Å²) in [6.07, 6.45) is 2.49. The topological polar surface area (TPSA) is 55.1 Å². The molecule has 24 heavy (non-hydrogen) atoms. The smallest absolute Gasteiger partial charge is 0.224 e. The van der Waals surface area contributed by atoms with E-state index in [4.69, 9.17) is 4.42 Å². The van der Waals surface area contributed by atoms with Crippen LogP contribution >= 0.6 is 15.9 Å². The van der Waals surface area contributed by atoms with Gasteiger partial charge in [0.15, 0.2) is 11.7 Å². The number of nitrogens with zero attached hydrogens (tertiary/aromatic N) is 1. The van der Waals surface area contributed by atoms with Crippen molar-refractivity contribution in [1.29, 1.82) is 0 Å². The Hall–Kier alpha value is -2.40. The summed E-state index contributed by atoms with van der Waals surface area (Å²) in [5.41, 5.74) is 2.84. The highest BCUT2D eigenvalue weighted by Gasteiger charge is 2.10. The highest BCUT2D eigenvalue weighted by atomic mass is 79.9. The molecule has 3 aromatic rings. The van der Waals surface area contributed by atoms with Gasteiger partial charge in [-0.3, -0.25) is 4.79 Å². The summed E-state index contributed by atoms with van der Waals surface area (Å²) in [5.74, 6) is 1.22. The average molecular weight is 385 g/mol. The van der Waals surface area contributed by atoms with Gasteiger partial charge >= 0.3 is 0 Å². The van der Waals surface area contributed by atoms with Crippen LogP contribution in [0.2, 0.25) is 0 Å². The average Bonchev–Trinajstić information content (AvgIpc) is 3.05. The summed E-state index contributed by atoms with van der Waals surface area (Å²) in [4.78, 5) is 16.3. The number of carbonyl (C=O) groups excluding carboxylic acids is 1. The molecule has 1 amide bonds. The highest BCUT2D eigenvalue weighted by Crippen LogP contribution is 2.23. The minimum atomic E-state index is -0.0484. The lowest BCUT2D eigenvalue weighted by Crippen LogP contribution is -2.13. The molecule has 5 heteroatoms. The van der Waals surface area contributed by atoms with Crippen molar-refractivity contribution in [3.05, 3.63) is 70.7 Å². The van der Waals surface area contributed by atoms with Crippen molar-refractivity contribution in [3.63, 3.8) is 0 Å². The van der Waals surface area contributed by atoms with E-state index in [2.05, 4.69) is 26.2 Å². The molecule has 0 saturated carbocycles. The molecule has 3 rings (SSSR count). The van der Waals surface area contributed by atoms with E-state index >= 15 is 0 Å². The van der Waals surface area contributed by atoms with Crippen LogP contribution in [0, 0.1) is 6.92 Å². The first kappa shape index (κ1) is 16.5. The molecule has 0 saturated heterocycles. The van der Waals surface area contributed by atoms with Crippen molar-refractivity contribution in [1.82, 2.24) is 4.98 Å². The second kappa shape index (κ2) is 7.45. The first-order chi connectivity index (χ1) is 11.6. The number of aromatic nitrogens is 1. The Kier molecular flexibility index (Phi) is 5.11. The number of halogens is 1. The van der Waals surface area contributed by atoms with Gasteiger partial charge in [0.2, 0.25) is 5.91 Å². The summed E-state index contributed by atoms with van der Waals surface area (Å²) in [6.45, 7) is 1.97. The zero-order chi connectivity index (χ0) is 16.9. The summed E-state index contributed by atoms with van der Waals surface area (Å²) >= 11 is 3.41. The third kappa shape index (κ3) is 4.11. The van der Waals surface area contributed by atoms with Crippen LogP contribution in [0.4, 0.5) is 5.69 Å². The van der Waals surface area contributed by atoms with E-state index < -0.39 is 0 Å². The molecule has 4 nitrogen and oxygen atoms in total. The van der Waals surface area contributed by atoms with E-state index in [1.54, 1.807) is 6.20 Å². The Morgan fingerprint density at radius 3 is 2.67 bits per heavy atom. The SMILES string of the molecule is Cc1ccccc1NC(=O)CCc1ncc(-c2ccc(Br)cc2)o1. The Balaban J connectivity index is 1.58. The van der Waals surface area contributed by atoms with Gasteiger partial charge in [-0.15, -0.1) is 0 Å². The monoisotopic (exact) mass is 384 g/mol. The molecular formula is C19H17BrN2O2. The van der Waals surface area contributed by atoms with Crippen LogP contribution in [0.5, 0.6) is 0 Å². The lowest BCUT2D eigenvalue weighted by atomic mass is 10.2. The van der Waals surface area contributed by atoms with Crippen molar-refractivity contribution in [3.8, 4) is 11.3 Å². The molecule has 0 aliphatic rings. The van der Waals surface area contributed by atoms with Crippen molar-refractivity contribution < 1.29 is 9.21 Å². The van der Waals surface area contributed by atoms with E-state index in [1.165, 1.54) is 0 Å². The number of carbonyl (C=O) groups is 1. The predicted molar refractivity (Wildman–Crippen MR) is 97.8 cm³/mol. The van der Waals surface area contributed by atoms with Gasteiger partial charge in [0, 0.05) is 28.6 Å². The molecule has 2 aromatic carbocycles. The fourth-order valence-electron chi connectivity index (χ4n) is 2.32. The second-order valence-corrected chi connectivity index (χ2v) is 6.40. The fraction of sp³-hybridized carbons (Fsp3) is 0.158. The number of hydrogen-bond donors (Lipinski definition) is 1. The number of para-hydroxylation sites is 1. The fourth-order valence-corrected chi connectivity index (χ4v) is 2.58. The van der Waals surface area contributed by atoms with Crippen molar-refractivity contribution in [2.75, 3.05) is 5.32 Å². The van der Waals surface area contributed by atoms with E-state index in [1.807, 2.05) is 55.5 Å². The lowest BCUT2D eigenvalue weighted by molar-refractivity contribution is -0.116. The molecule has 0 aliphatic carbocycles. The first-order valence-corrected chi connectivity index (χ1v) is 8.47. The van der Waals surface area contributed by atoms with E-state index in [0.29, 0.717) is 24.5 Å². The molecule has 1 heterocycles. The normalized spacial score (nSPS) is 10.6. The number of rotatable bonds is 5. The summed E-state index contributed by atoms with van der Waals surface area (Å²) in [6, 6.07) is 15.5. The largest absolute Gasteiger partial charge is 0.441 e. The second-order valence-electron chi connectivity index (χ2n) is 5.49. The molecule has 0 unspecified atom stereocenters. The van der Waals surface area contributed by atoms with Gasteiger partial charge in [-0.1, -0.05) is 46.3 Å². The van der Waals surface area contributed by atoms with E-state index in [-0.39, 0.29) is 5.91 Å². The Bertz CT molecular complexity index is 841. The molecule has 122 valence electrons. The molecule has 0 spiro atoms. The van der Waals surface area contributed by atoms with E-state index in [9.17, 15) is 4.79 Å². The minimum absolute atomic E-state index is 0.0484. The molecule has 0 aliphatic heterocycles. The maximum Gasteiger partial charge on any atom is 0.224 e. The summed E-state index contributed by atoms with van der Waals surface area (Å²) in [5, 5.41) is 2.91. The molecule has 0 fully saturated rings.